The molecule has 0 saturated carbocycles. The van der Waals surface area contributed by atoms with Gasteiger partial charge in [-0.15, -0.1) is 10.2 Å². The van der Waals surface area contributed by atoms with E-state index in [1.54, 1.807) is 31.2 Å². The van der Waals surface area contributed by atoms with Gasteiger partial charge < -0.3 is 15.6 Å². The van der Waals surface area contributed by atoms with Gasteiger partial charge in [0.05, 0.1) is 0 Å². The maximum atomic E-state index is 11.8. The van der Waals surface area contributed by atoms with Crippen molar-refractivity contribution in [2.45, 2.75) is 13.5 Å². The van der Waals surface area contributed by atoms with Crippen molar-refractivity contribution in [3.05, 3.63) is 36.1 Å². The molecule has 0 aliphatic heterocycles. The monoisotopic (exact) mass is 299 g/mol. The Kier molecular flexibility index (Phi) is 3.52. The molecule has 1 amide bonds. The quantitative estimate of drug-likeness (QED) is 0.684. The molecule has 0 fully saturated rings. The van der Waals surface area contributed by atoms with E-state index in [0.29, 0.717) is 23.1 Å². The van der Waals surface area contributed by atoms with Gasteiger partial charge in [0, 0.05) is 17.3 Å². The first-order valence-electron chi connectivity index (χ1n) is 6.47. The summed E-state index contributed by atoms with van der Waals surface area (Å²) < 4.78 is 4.86. The van der Waals surface area contributed by atoms with Crippen LogP contribution in [-0.4, -0.2) is 31.3 Å². The van der Waals surface area contributed by atoms with E-state index in [1.165, 1.54) is 4.80 Å². The Labute approximate surface area is 125 Å². The molecule has 9 nitrogen and oxygen atoms in total. The Morgan fingerprint density at radius 1 is 1.41 bits per heavy atom. The number of aromatic nitrogens is 5. The molecule has 112 valence electrons. The largest absolute Gasteiger partial charge is 0.399 e. The Hall–Kier alpha value is -3.23. The highest BCUT2D eigenvalue weighted by Crippen LogP contribution is 2.16. The van der Waals surface area contributed by atoms with Crippen LogP contribution in [0.1, 0.15) is 5.76 Å². The number of amides is 1. The maximum absolute atomic E-state index is 11.8. The van der Waals surface area contributed by atoms with Crippen molar-refractivity contribution in [1.29, 1.82) is 0 Å². The lowest BCUT2D eigenvalue weighted by Crippen LogP contribution is -2.20. The van der Waals surface area contributed by atoms with E-state index in [0.717, 1.165) is 5.56 Å². The van der Waals surface area contributed by atoms with Crippen LogP contribution in [0.3, 0.4) is 0 Å². The maximum Gasteiger partial charge on any atom is 0.249 e. The Bertz CT molecular complexity index is 808. The van der Waals surface area contributed by atoms with Crippen LogP contribution in [-0.2, 0) is 11.3 Å². The fraction of sp³-hybridized carbons (Fsp3) is 0.154. The van der Waals surface area contributed by atoms with Gasteiger partial charge in [0.15, 0.2) is 5.82 Å². The van der Waals surface area contributed by atoms with E-state index in [9.17, 15) is 4.79 Å². The Morgan fingerprint density at radius 2 is 2.27 bits per heavy atom. The number of tetrazole rings is 1. The average Bonchev–Trinajstić information content (AvgIpc) is 3.08. The minimum absolute atomic E-state index is 0.0821. The minimum Gasteiger partial charge on any atom is -0.399 e. The Morgan fingerprint density at radius 3 is 3.00 bits per heavy atom. The van der Waals surface area contributed by atoms with Gasteiger partial charge in [-0.25, -0.2) is 0 Å². The SMILES string of the molecule is Cc1cc(NC(=O)Cn2nnc(-c3cccc(N)c3)n2)no1. The first-order chi connectivity index (χ1) is 10.6. The van der Waals surface area contributed by atoms with Crippen LogP contribution in [0.15, 0.2) is 34.9 Å². The molecule has 3 aromatic rings. The smallest absolute Gasteiger partial charge is 0.249 e. The minimum atomic E-state index is -0.329. The molecule has 0 saturated heterocycles. The predicted molar refractivity (Wildman–Crippen MR) is 77.5 cm³/mol. The van der Waals surface area contributed by atoms with Crippen molar-refractivity contribution in [1.82, 2.24) is 25.4 Å². The molecule has 0 bridgehead atoms. The van der Waals surface area contributed by atoms with E-state index in [2.05, 4.69) is 25.9 Å². The molecule has 1 aromatic carbocycles. The summed E-state index contributed by atoms with van der Waals surface area (Å²) in [5.41, 5.74) is 7.05. The second-order valence-electron chi connectivity index (χ2n) is 4.64. The number of hydrogen-bond donors (Lipinski definition) is 2. The molecule has 3 N–H and O–H groups in total. The van der Waals surface area contributed by atoms with Crippen molar-refractivity contribution in [2.75, 3.05) is 11.1 Å². The molecular formula is C13H13N7O2. The summed E-state index contributed by atoms with van der Waals surface area (Å²) in [5.74, 6) is 1.03. The molecule has 22 heavy (non-hydrogen) atoms. The zero-order valence-electron chi connectivity index (χ0n) is 11.7. The molecule has 9 heteroatoms. The van der Waals surface area contributed by atoms with Crippen LogP contribution in [0, 0.1) is 6.92 Å². The number of rotatable bonds is 4. The number of nitrogens with two attached hydrogens (primary N) is 1. The van der Waals surface area contributed by atoms with E-state index >= 15 is 0 Å². The van der Waals surface area contributed by atoms with Gasteiger partial charge in [0.1, 0.15) is 12.3 Å². The summed E-state index contributed by atoms with van der Waals surface area (Å²) in [6.45, 7) is 1.65. The van der Waals surface area contributed by atoms with Gasteiger partial charge in [-0.05, 0) is 24.3 Å². The lowest BCUT2D eigenvalue weighted by Gasteiger charge is -1.99. The van der Waals surface area contributed by atoms with E-state index in [-0.39, 0.29) is 12.5 Å². The lowest BCUT2D eigenvalue weighted by molar-refractivity contribution is -0.117. The molecule has 0 unspecified atom stereocenters. The normalized spacial score (nSPS) is 10.6. The van der Waals surface area contributed by atoms with Gasteiger partial charge in [0.2, 0.25) is 11.7 Å². The standard InChI is InChI=1S/C13H13N7O2/c1-8-5-11(18-22-8)15-12(21)7-20-17-13(16-19-20)9-3-2-4-10(14)6-9/h2-6H,7,14H2,1H3,(H,15,18,21). The van der Waals surface area contributed by atoms with Gasteiger partial charge in [-0.3, -0.25) is 4.79 Å². The third-order valence-corrected chi connectivity index (χ3v) is 2.78. The van der Waals surface area contributed by atoms with Gasteiger partial charge in [0.25, 0.3) is 0 Å². The lowest BCUT2D eigenvalue weighted by atomic mass is 10.2. The number of hydrogen-bond acceptors (Lipinski definition) is 7. The second-order valence-corrected chi connectivity index (χ2v) is 4.64. The van der Waals surface area contributed by atoms with Gasteiger partial charge in [-0.1, -0.05) is 17.3 Å². The number of aryl methyl sites for hydroxylation is 1. The van der Waals surface area contributed by atoms with Crippen LogP contribution in [0.25, 0.3) is 11.4 Å². The second kappa shape index (κ2) is 5.64. The zero-order valence-corrected chi connectivity index (χ0v) is 11.7. The van der Waals surface area contributed by atoms with Crippen molar-refractivity contribution < 1.29 is 9.32 Å². The predicted octanol–water partition coefficient (Wildman–Crippen LogP) is 0.857. The average molecular weight is 299 g/mol. The number of anilines is 2. The number of carbonyl (C=O) groups is 1. The van der Waals surface area contributed by atoms with Crippen LogP contribution < -0.4 is 11.1 Å². The fourth-order valence-electron chi connectivity index (χ4n) is 1.84. The number of nitrogen functional groups attached to an aromatic ring is 1. The highest BCUT2D eigenvalue weighted by atomic mass is 16.5. The van der Waals surface area contributed by atoms with E-state index in [4.69, 9.17) is 10.3 Å². The van der Waals surface area contributed by atoms with Gasteiger partial charge in [-0.2, -0.15) is 4.80 Å². The van der Waals surface area contributed by atoms with Crippen LogP contribution >= 0.6 is 0 Å². The summed E-state index contributed by atoms with van der Waals surface area (Å²) in [6, 6.07) is 8.73. The summed E-state index contributed by atoms with van der Waals surface area (Å²) in [7, 11) is 0. The molecule has 0 radical (unpaired) electrons. The van der Waals surface area contributed by atoms with Crippen LogP contribution in [0.5, 0.6) is 0 Å². The van der Waals surface area contributed by atoms with Crippen molar-refractivity contribution in [2.24, 2.45) is 0 Å². The fourth-order valence-corrected chi connectivity index (χ4v) is 1.84. The van der Waals surface area contributed by atoms with E-state index in [1.807, 2.05) is 6.07 Å². The summed E-state index contributed by atoms with van der Waals surface area (Å²) in [4.78, 5) is 13.0. The molecule has 0 atom stereocenters. The topological polar surface area (TPSA) is 125 Å². The molecule has 2 aromatic heterocycles. The van der Waals surface area contributed by atoms with Crippen molar-refractivity contribution >= 4 is 17.4 Å². The summed E-state index contributed by atoms with van der Waals surface area (Å²) >= 11 is 0. The molecule has 0 aliphatic carbocycles. The molecular weight excluding hydrogens is 286 g/mol. The molecule has 0 spiro atoms. The summed E-state index contributed by atoms with van der Waals surface area (Å²) in [5, 5.41) is 18.1. The third kappa shape index (κ3) is 3.08. The van der Waals surface area contributed by atoms with Crippen LogP contribution in [0.2, 0.25) is 0 Å². The first-order valence-corrected chi connectivity index (χ1v) is 6.47. The van der Waals surface area contributed by atoms with Crippen molar-refractivity contribution in [3.63, 3.8) is 0 Å². The summed E-state index contributed by atoms with van der Waals surface area (Å²) in [6.07, 6.45) is 0. The molecule has 3 rings (SSSR count). The first kappa shape index (κ1) is 13.7. The number of nitrogens with zero attached hydrogens (tertiary/aromatic N) is 5. The highest BCUT2D eigenvalue weighted by Gasteiger charge is 2.11. The van der Waals surface area contributed by atoms with Gasteiger partial charge >= 0.3 is 0 Å². The Balaban J connectivity index is 1.67. The number of benzene rings is 1. The molecule has 2 heterocycles. The van der Waals surface area contributed by atoms with Crippen molar-refractivity contribution in [3.8, 4) is 11.4 Å². The zero-order chi connectivity index (χ0) is 15.5. The van der Waals surface area contributed by atoms with Crippen LogP contribution in [0.4, 0.5) is 11.5 Å². The third-order valence-electron chi connectivity index (χ3n) is 2.78. The van der Waals surface area contributed by atoms with E-state index < -0.39 is 0 Å². The highest BCUT2D eigenvalue weighted by molar-refractivity contribution is 5.89. The number of nitrogens with one attached hydrogen (secondary N) is 1. The number of carbonyl (C=O) groups excluding carboxylic acids is 1. The molecule has 0 aliphatic rings.